The van der Waals surface area contributed by atoms with Gasteiger partial charge in [-0.3, -0.25) is 4.79 Å². The zero-order chi connectivity index (χ0) is 15.9. The monoisotopic (exact) mass is 326 g/mol. The van der Waals surface area contributed by atoms with E-state index in [0.717, 1.165) is 10.5 Å². The highest BCUT2D eigenvalue weighted by Crippen LogP contribution is 2.44. The molecule has 0 amide bonds. The topological polar surface area (TPSA) is 85.2 Å². The molecule has 1 aromatic rings. The molecule has 1 aromatic carbocycles. The number of esters is 1. The van der Waals surface area contributed by atoms with Crippen molar-refractivity contribution >= 4 is 17.7 Å². The number of ether oxygens (including phenoxy) is 3. The van der Waals surface area contributed by atoms with Crippen LogP contribution in [0.25, 0.3) is 0 Å². The number of methoxy groups -OCH3 is 1. The average molecular weight is 326 g/mol. The highest BCUT2D eigenvalue weighted by Gasteiger charge is 2.47. The Kier molecular flexibility index (Phi) is 4.31. The Balaban J connectivity index is 1.83. The zero-order valence-electron chi connectivity index (χ0n) is 12.3. The minimum atomic E-state index is -0.947. The quantitative estimate of drug-likeness (QED) is 0.775. The molecule has 3 rings (SSSR count). The molecule has 5 atom stereocenters. The fourth-order valence-corrected chi connectivity index (χ4v) is 3.86. The van der Waals surface area contributed by atoms with Crippen molar-refractivity contribution in [3.63, 3.8) is 0 Å². The minimum absolute atomic E-state index is 0.178. The van der Waals surface area contributed by atoms with Crippen molar-refractivity contribution in [3.8, 4) is 5.75 Å². The van der Waals surface area contributed by atoms with Gasteiger partial charge in [0.2, 0.25) is 6.29 Å². The summed E-state index contributed by atoms with van der Waals surface area (Å²) in [5.41, 5.74) is 0.806. The van der Waals surface area contributed by atoms with E-state index in [1.165, 1.54) is 18.9 Å². The van der Waals surface area contributed by atoms with Gasteiger partial charge in [0.15, 0.2) is 0 Å². The van der Waals surface area contributed by atoms with Crippen LogP contribution in [0.3, 0.4) is 0 Å². The lowest BCUT2D eigenvalue weighted by Crippen LogP contribution is -2.57. The predicted molar refractivity (Wildman–Crippen MR) is 78.8 cm³/mol. The van der Waals surface area contributed by atoms with E-state index in [1.807, 2.05) is 6.07 Å². The van der Waals surface area contributed by atoms with Crippen molar-refractivity contribution in [3.05, 3.63) is 23.8 Å². The first-order valence-electron chi connectivity index (χ1n) is 7.04. The van der Waals surface area contributed by atoms with E-state index in [-0.39, 0.29) is 12.4 Å². The molecule has 0 saturated carbocycles. The van der Waals surface area contributed by atoms with Crippen molar-refractivity contribution in [1.29, 1.82) is 0 Å². The molecule has 0 aliphatic carbocycles. The summed E-state index contributed by atoms with van der Waals surface area (Å²) in [6.45, 7) is 1.70. The summed E-state index contributed by atoms with van der Waals surface area (Å²) in [6, 6.07) is 5.42. The molecule has 22 heavy (non-hydrogen) atoms. The molecule has 0 aromatic heterocycles. The Morgan fingerprint density at radius 3 is 2.86 bits per heavy atom. The van der Waals surface area contributed by atoms with Crippen LogP contribution in [0.4, 0.5) is 0 Å². The fourth-order valence-electron chi connectivity index (χ4n) is 2.59. The van der Waals surface area contributed by atoms with Gasteiger partial charge in [0.1, 0.15) is 23.2 Å². The lowest BCUT2D eigenvalue weighted by molar-refractivity contribution is -0.213. The summed E-state index contributed by atoms with van der Waals surface area (Å²) in [6.07, 6.45) is -2.79. The Hall–Kier alpha value is -1.28. The maximum Gasteiger partial charge on any atom is 0.309 e. The van der Waals surface area contributed by atoms with Crippen molar-refractivity contribution in [2.75, 3.05) is 7.11 Å². The van der Waals surface area contributed by atoms with Gasteiger partial charge in [-0.25, -0.2) is 0 Å². The number of fused-ring (bicyclic) bond motifs is 2. The third-order valence-corrected chi connectivity index (χ3v) is 5.22. The van der Waals surface area contributed by atoms with Crippen LogP contribution in [-0.2, 0) is 20.7 Å². The molecule has 1 fully saturated rings. The van der Waals surface area contributed by atoms with Gasteiger partial charge in [0, 0.05) is 0 Å². The van der Waals surface area contributed by atoms with Gasteiger partial charge < -0.3 is 24.4 Å². The number of hydrogen-bond donors (Lipinski definition) is 2. The third kappa shape index (κ3) is 2.81. The van der Waals surface area contributed by atoms with E-state index in [0.29, 0.717) is 5.75 Å². The Bertz CT molecular complexity index is 577. The van der Waals surface area contributed by atoms with Crippen LogP contribution < -0.4 is 4.74 Å². The molecule has 2 N–H and O–H groups in total. The minimum Gasteiger partial charge on any atom is -0.469 e. The molecule has 0 unspecified atom stereocenters. The number of benzene rings is 1. The number of rotatable bonds is 2. The largest absolute Gasteiger partial charge is 0.469 e. The lowest BCUT2D eigenvalue weighted by Gasteiger charge is -2.43. The molecule has 120 valence electrons. The van der Waals surface area contributed by atoms with E-state index in [2.05, 4.69) is 4.74 Å². The molecule has 6 nitrogen and oxygen atoms in total. The highest BCUT2D eigenvalue weighted by atomic mass is 32.2. The van der Waals surface area contributed by atoms with Gasteiger partial charge in [0.25, 0.3) is 0 Å². The summed E-state index contributed by atoms with van der Waals surface area (Å²) in [5.74, 6) is 0.334. The molecular weight excluding hydrogens is 308 g/mol. The number of aliphatic hydroxyl groups is 2. The van der Waals surface area contributed by atoms with Crippen molar-refractivity contribution in [2.24, 2.45) is 0 Å². The van der Waals surface area contributed by atoms with Crippen LogP contribution in [0.5, 0.6) is 5.75 Å². The lowest BCUT2D eigenvalue weighted by atomic mass is 10.0. The number of aliphatic hydroxyl groups excluding tert-OH is 2. The Morgan fingerprint density at radius 2 is 2.14 bits per heavy atom. The second kappa shape index (κ2) is 6.08. The van der Waals surface area contributed by atoms with E-state index in [9.17, 15) is 15.0 Å². The molecule has 2 aliphatic heterocycles. The third-order valence-electron chi connectivity index (χ3n) is 3.87. The van der Waals surface area contributed by atoms with Crippen LogP contribution in [0.1, 0.15) is 12.5 Å². The van der Waals surface area contributed by atoms with E-state index in [4.69, 9.17) is 9.47 Å². The number of thioether (sulfide) groups is 1. The van der Waals surface area contributed by atoms with Crippen LogP contribution >= 0.6 is 11.8 Å². The zero-order valence-corrected chi connectivity index (χ0v) is 13.1. The van der Waals surface area contributed by atoms with E-state index >= 15 is 0 Å². The first-order chi connectivity index (χ1) is 10.5. The van der Waals surface area contributed by atoms with Crippen LogP contribution in [0.2, 0.25) is 0 Å². The average Bonchev–Trinajstić information content (AvgIpc) is 2.51. The second-order valence-electron chi connectivity index (χ2n) is 5.43. The maximum atomic E-state index is 11.4. The molecule has 7 heteroatoms. The van der Waals surface area contributed by atoms with Crippen LogP contribution in [0.15, 0.2) is 23.1 Å². The Morgan fingerprint density at radius 1 is 1.36 bits per heavy atom. The summed E-state index contributed by atoms with van der Waals surface area (Å²) in [4.78, 5) is 12.2. The van der Waals surface area contributed by atoms with Gasteiger partial charge >= 0.3 is 5.97 Å². The van der Waals surface area contributed by atoms with Gasteiger partial charge in [-0.15, -0.1) is 11.8 Å². The molecule has 0 radical (unpaired) electrons. The Labute approximate surface area is 132 Å². The van der Waals surface area contributed by atoms with Crippen LogP contribution in [0, 0.1) is 0 Å². The van der Waals surface area contributed by atoms with Gasteiger partial charge in [-0.2, -0.15) is 0 Å². The molecule has 1 saturated heterocycles. The van der Waals surface area contributed by atoms with Gasteiger partial charge in [0.05, 0.1) is 24.5 Å². The normalized spacial score (nSPS) is 33.4. The molecule has 2 heterocycles. The van der Waals surface area contributed by atoms with Gasteiger partial charge in [-0.05, 0) is 24.6 Å². The summed E-state index contributed by atoms with van der Waals surface area (Å²) < 4.78 is 16.1. The fraction of sp³-hybridized carbons (Fsp3) is 0.533. The SMILES string of the molecule is COC(=O)Cc1ccc2c(c1)S[C@@H]1[C@H](O2)O[C@@H](C)[C@@H](O)[C@H]1O. The first-order valence-corrected chi connectivity index (χ1v) is 7.92. The van der Waals surface area contributed by atoms with Crippen LogP contribution in [-0.4, -0.2) is 53.1 Å². The first kappa shape index (κ1) is 15.6. The molecule has 0 spiro atoms. The van der Waals surface area contributed by atoms with Crippen molar-refractivity contribution in [1.82, 2.24) is 0 Å². The molecule has 2 aliphatic rings. The molecule has 0 bridgehead atoms. The van der Waals surface area contributed by atoms with E-state index < -0.39 is 29.9 Å². The maximum absolute atomic E-state index is 11.4. The summed E-state index contributed by atoms with van der Waals surface area (Å²) >= 11 is 1.39. The van der Waals surface area contributed by atoms with Crippen molar-refractivity contribution in [2.45, 2.75) is 48.1 Å². The molecular formula is C15H18O6S. The number of carbonyl (C=O) groups is 1. The highest BCUT2D eigenvalue weighted by molar-refractivity contribution is 8.00. The number of hydrogen-bond acceptors (Lipinski definition) is 7. The van der Waals surface area contributed by atoms with E-state index in [1.54, 1.807) is 19.1 Å². The number of carbonyl (C=O) groups excluding carboxylic acids is 1. The standard InChI is InChI=1S/C15H18O6S/c1-7-12(17)13(18)14-15(20-7)21-9-4-3-8(5-10(9)22-14)6-11(16)19-2/h3-5,7,12-15,17-18H,6H2,1-2H3/t7-,12+,13+,14-,15-/m0/s1. The van der Waals surface area contributed by atoms with Crippen molar-refractivity contribution < 1.29 is 29.2 Å². The second-order valence-corrected chi connectivity index (χ2v) is 6.64. The van der Waals surface area contributed by atoms with Gasteiger partial charge in [-0.1, -0.05) is 6.07 Å². The summed E-state index contributed by atoms with van der Waals surface area (Å²) in [7, 11) is 1.35. The summed E-state index contributed by atoms with van der Waals surface area (Å²) in [5, 5.41) is 19.7. The predicted octanol–water partition coefficient (Wildman–Crippen LogP) is 0.722. The smallest absolute Gasteiger partial charge is 0.309 e.